The van der Waals surface area contributed by atoms with E-state index in [9.17, 15) is 5.26 Å². The van der Waals surface area contributed by atoms with E-state index in [0.29, 0.717) is 42.5 Å². The molecule has 0 spiro atoms. The minimum Gasteiger partial charge on any atom is -0.494 e. The fraction of sp³-hybridized carbons (Fsp3) is 0.0625. The van der Waals surface area contributed by atoms with Crippen LogP contribution in [0.15, 0.2) is 30.3 Å². The van der Waals surface area contributed by atoms with E-state index in [1.165, 1.54) is 7.11 Å². The number of benzene rings is 2. The van der Waals surface area contributed by atoms with Crippen molar-refractivity contribution in [3.05, 3.63) is 61.5 Å². The van der Waals surface area contributed by atoms with Crippen LogP contribution in [0.25, 0.3) is 11.6 Å². The molecule has 0 N–H and O–H groups in total. The van der Waals surface area contributed by atoms with Gasteiger partial charge in [0.1, 0.15) is 0 Å². The second kappa shape index (κ2) is 7.26. The number of nitrogens with zero attached hydrogens (tertiary/aromatic N) is 1. The van der Waals surface area contributed by atoms with Crippen molar-refractivity contribution in [2.45, 2.75) is 0 Å². The highest BCUT2D eigenvalue weighted by atomic mass is 35.5. The van der Waals surface area contributed by atoms with Crippen molar-refractivity contribution in [2.75, 3.05) is 7.11 Å². The fourth-order valence-corrected chi connectivity index (χ4v) is 3.07. The molecule has 0 saturated carbocycles. The lowest BCUT2D eigenvalue weighted by molar-refractivity contribution is 0.415. The minimum atomic E-state index is 0.362. The average molecular weight is 373 g/mol. The number of methoxy groups -OCH3 is 1. The largest absolute Gasteiger partial charge is 0.494 e. The lowest BCUT2D eigenvalue weighted by Gasteiger charge is -2.08. The van der Waals surface area contributed by atoms with Gasteiger partial charge >= 0.3 is 0 Å². The molecular weight excluding hydrogens is 364 g/mol. The van der Waals surface area contributed by atoms with Gasteiger partial charge in [0.05, 0.1) is 33.8 Å². The Hall–Kier alpha value is -1.37. The van der Waals surface area contributed by atoms with Gasteiger partial charge in [-0.2, -0.15) is 5.26 Å². The van der Waals surface area contributed by atoms with Crippen LogP contribution in [0.5, 0.6) is 5.75 Å². The first-order chi connectivity index (χ1) is 10.5. The summed E-state index contributed by atoms with van der Waals surface area (Å²) < 4.78 is 5.09. The molecule has 2 nitrogen and oxygen atoms in total. The number of halogens is 4. The number of hydrogen-bond donors (Lipinski definition) is 0. The molecule has 6 heteroatoms. The van der Waals surface area contributed by atoms with Gasteiger partial charge in [-0.15, -0.1) is 0 Å². The van der Waals surface area contributed by atoms with Gasteiger partial charge in [-0.3, -0.25) is 0 Å². The summed E-state index contributed by atoms with van der Waals surface area (Å²) >= 11 is 24.2. The first-order valence-corrected chi connectivity index (χ1v) is 7.57. The van der Waals surface area contributed by atoms with Crippen LogP contribution in [0.2, 0.25) is 20.1 Å². The first kappa shape index (κ1) is 17.0. The van der Waals surface area contributed by atoms with Crippen LogP contribution in [0.1, 0.15) is 11.1 Å². The summed E-state index contributed by atoms with van der Waals surface area (Å²) in [6, 6.07) is 10.4. The molecule has 0 unspecified atom stereocenters. The van der Waals surface area contributed by atoms with Crippen LogP contribution in [-0.2, 0) is 0 Å². The van der Waals surface area contributed by atoms with Crippen LogP contribution < -0.4 is 4.74 Å². The quantitative estimate of drug-likeness (QED) is 0.463. The minimum absolute atomic E-state index is 0.362. The summed E-state index contributed by atoms with van der Waals surface area (Å²) in [5.74, 6) is 0.392. The Balaban J connectivity index is 2.52. The molecule has 2 rings (SSSR count). The molecule has 0 saturated heterocycles. The Labute approximate surface area is 148 Å². The van der Waals surface area contributed by atoms with Crippen molar-refractivity contribution >= 4 is 58.1 Å². The van der Waals surface area contributed by atoms with E-state index in [2.05, 4.69) is 6.07 Å². The van der Waals surface area contributed by atoms with E-state index in [0.717, 1.165) is 0 Å². The average Bonchev–Trinajstić information content (AvgIpc) is 2.45. The maximum Gasteiger partial charge on any atom is 0.156 e. The number of nitriles is 1. The molecule has 2 aromatic carbocycles. The molecule has 112 valence electrons. The normalized spacial score (nSPS) is 11.2. The standard InChI is InChI=1S/C16H9Cl4NO/c1-22-16-14(19)5-9(6-15(16)20)4-10(8-21)12-3-2-11(17)7-13(12)18/h2-7H,1H3/b10-4+. The molecule has 0 aliphatic carbocycles. The SMILES string of the molecule is COc1c(Cl)cc(/C=C(\C#N)c2ccc(Cl)cc2Cl)cc1Cl. The summed E-state index contributed by atoms with van der Waals surface area (Å²) in [4.78, 5) is 0. The monoisotopic (exact) mass is 371 g/mol. The highest BCUT2D eigenvalue weighted by Gasteiger charge is 2.10. The Morgan fingerprint density at radius 1 is 1.05 bits per heavy atom. The van der Waals surface area contributed by atoms with Crippen LogP contribution >= 0.6 is 46.4 Å². The highest BCUT2D eigenvalue weighted by molar-refractivity contribution is 6.37. The maximum absolute atomic E-state index is 9.37. The summed E-state index contributed by atoms with van der Waals surface area (Å²) in [6.07, 6.45) is 1.65. The molecule has 0 aromatic heterocycles. The summed E-state index contributed by atoms with van der Waals surface area (Å²) in [6.45, 7) is 0. The zero-order valence-corrected chi connectivity index (χ0v) is 14.4. The van der Waals surface area contributed by atoms with Gasteiger partial charge in [0.2, 0.25) is 0 Å². The molecular formula is C16H9Cl4NO. The van der Waals surface area contributed by atoms with E-state index in [1.54, 1.807) is 36.4 Å². The van der Waals surface area contributed by atoms with Crippen LogP contribution in [-0.4, -0.2) is 7.11 Å². The van der Waals surface area contributed by atoms with Crippen LogP contribution in [0.3, 0.4) is 0 Å². The number of rotatable bonds is 3. The topological polar surface area (TPSA) is 33.0 Å². The second-order valence-electron chi connectivity index (χ2n) is 4.31. The first-order valence-electron chi connectivity index (χ1n) is 6.06. The van der Waals surface area contributed by atoms with Gasteiger partial charge in [0.15, 0.2) is 5.75 Å². The van der Waals surface area contributed by atoms with Gasteiger partial charge in [0, 0.05) is 10.6 Å². The van der Waals surface area contributed by atoms with Gasteiger partial charge in [-0.05, 0) is 35.9 Å². The molecule has 0 aliphatic rings. The van der Waals surface area contributed by atoms with Gasteiger partial charge in [0.25, 0.3) is 0 Å². The van der Waals surface area contributed by atoms with Crippen LogP contribution in [0.4, 0.5) is 0 Å². The molecule has 0 bridgehead atoms. The third-order valence-corrected chi connectivity index (χ3v) is 3.99. The molecule has 0 radical (unpaired) electrons. The van der Waals surface area contributed by atoms with Crippen molar-refractivity contribution in [3.63, 3.8) is 0 Å². The Morgan fingerprint density at radius 3 is 2.18 bits per heavy atom. The predicted octanol–water partition coefficient (Wildman–Crippen LogP) is 6.37. The van der Waals surface area contributed by atoms with Crippen molar-refractivity contribution in [1.82, 2.24) is 0 Å². The summed E-state index contributed by atoms with van der Waals surface area (Å²) in [5, 5.41) is 11.0. The fourth-order valence-electron chi connectivity index (χ4n) is 1.90. The molecule has 0 atom stereocenters. The molecule has 0 heterocycles. The second-order valence-corrected chi connectivity index (χ2v) is 5.97. The highest BCUT2D eigenvalue weighted by Crippen LogP contribution is 2.35. The Kier molecular flexibility index (Phi) is 5.61. The molecule has 0 aliphatic heterocycles. The van der Waals surface area contributed by atoms with Crippen molar-refractivity contribution in [3.8, 4) is 11.8 Å². The third-order valence-electron chi connectivity index (χ3n) is 2.88. The predicted molar refractivity (Wildman–Crippen MR) is 93.0 cm³/mol. The van der Waals surface area contributed by atoms with E-state index in [-0.39, 0.29) is 0 Å². The zero-order valence-electron chi connectivity index (χ0n) is 11.3. The Bertz CT molecular complexity index is 770. The molecule has 0 amide bonds. The zero-order chi connectivity index (χ0) is 16.3. The van der Waals surface area contributed by atoms with E-state index >= 15 is 0 Å². The number of ether oxygens (including phenoxy) is 1. The molecule has 22 heavy (non-hydrogen) atoms. The van der Waals surface area contributed by atoms with E-state index < -0.39 is 0 Å². The Morgan fingerprint density at radius 2 is 1.68 bits per heavy atom. The van der Waals surface area contributed by atoms with Gasteiger partial charge < -0.3 is 4.74 Å². The van der Waals surface area contributed by atoms with Gasteiger partial charge in [-0.1, -0.05) is 52.5 Å². The molecule has 2 aromatic rings. The lowest BCUT2D eigenvalue weighted by Crippen LogP contribution is -1.88. The van der Waals surface area contributed by atoms with E-state index in [1.807, 2.05) is 0 Å². The van der Waals surface area contributed by atoms with Crippen molar-refractivity contribution in [1.29, 1.82) is 5.26 Å². The van der Waals surface area contributed by atoms with Crippen molar-refractivity contribution in [2.24, 2.45) is 0 Å². The van der Waals surface area contributed by atoms with Crippen LogP contribution in [0, 0.1) is 11.3 Å². The third kappa shape index (κ3) is 3.69. The smallest absolute Gasteiger partial charge is 0.156 e. The summed E-state index contributed by atoms with van der Waals surface area (Å²) in [7, 11) is 1.48. The van der Waals surface area contributed by atoms with Crippen molar-refractivity contribution < 1.29 is 4.74 Å². The number of allylic oxidation sites excluding steroid dienone is 1. The van der Waals surface area contributed by atoms with E-state index in [4.69, 9.17) is 51.1 Å². The maximum atomic E-state index is 9.37. The lowest BCUT2D eigenvalue weighted by atomic mass is 10.0. The molecule has 0 fully saturated rings. The van der Waals surface area contributed by atoms with Gasteiger partial charge in [-0.25, -0.2) is 0 Å². The number of hydrogen-bond acceptors (Lipinski definition) is 2. The summed E-state index contributed by atoms with van der Waals surface area (Å²) in [5.41, 5.74) is 1.62.